The first-order chi connectivity index (χ1) is 17.4. The summed E-state index contributed by atoms with van der Waals surface area (Å²) in [6.07, 6.45) is -1.37. The molecule has 1 unspecified atom stereocenters. The molecule has 0 aliphatic heterocycles. The Morgan fingerprint density at radius 1 is 1.22 bits per heavy atom. The number of nitrogens with zero attached hydrogens (tertiary/aromatic N) is 7. The van der Waals surface area contributed by atoms with E-state index in [9.17, 15) is 27.2 Å². The minimum Gasteiger partial charge on any atom is -0.351 e. The SMILES string of the molecule is C=C(N=C(N=CC)c1nc(Nc2ccnc(C3(C#N)CC3)c2)nc(NC2CCC(F)(F)C2)n1)C(F)(F)F. The molecule has 0 aromatic carbocycles. The summed E-state index contributed by atoms with van der Waals surface area (Å²) < 4.78 is 66.7. The van der Waals surface area contributed by atoms with Crippen molar-refractivity contribution in [3.63, 3.8) is 0 Å². The number of anilines is 3. The number of aromatic nitrogens is 4. The molecule has 37 heavy (non-hydrogen) atoms. The zero-order valence-corrected chi connectivity index (χ0v) is 19.6. The predicted molar refractivity (Wildman–Crippen MR) is 126 cm³/mol. The van der Waals surface area contributed by atoms with Crippen LogP contribution in [-0.4, -0.2) is 50.1 Å². The molecule has 14 heteroatoms. The van der Waals surface area contributed by atoms with Gasteiger partial charge in [-0.2, -0.15) is 33.4 Å². The molecule has 194 valence electrons. The van der Waals surface area contributed by atoms with Crippen molar-refractivity contribution in [2.24, 2.45) is 9.98 Å². The Hall–Kier alpha value is -4.02. The van der Waals surface area contributed by atoms with E-state index in [0.717, 1.165) is 0 Å². The Labute approximate surface area is 208 Å². The molecule has 2 aliphatic rings. The van der Waals surface area contributed by atoms with E-state index >= 15 is 0 Å². The van der Waals surface area contributed by atoms with Crippen LogP contribution in [0.25, 0.3) is 0 Å². The molecule has 1 atom stereocenters. The van der Waals surface area contributed by atoms with Crippen LogP contribution in [0.2, 0.25) is 0 Å². The third-order valence-electron chi connectivity index (χ3n) is 5.86. The molecule has 2 aliphatic carbocycles. The van der Waals surface area contributed by atoms with Crippen LogP contribution in [0.5, 0.6) is 0 Å². The lowest BCUT2D eigenvalue weighted by Crippen LogP contribution is -2.22. The van der Waals surface area contributed by atoms with Gasteiger partial charge >= 0.3 is 6.18 Å². The molecule has 0 bridgehead atoms. The van der Waals surface area contributed by atoms with Crippen molar-refractivity contribution in [1.82, 2.24) is 19.9 Å². The number of halogens is 5. The van der Waals surface area contributed by atoms with E-state index in [1.54, 1.807) is 12.1 Å². The van der Waals surface area contributed by atoms with E-state index < -0.39 is 41.5 Å². The lowest BCUT2D eigenvalue weighted by atomic mass is 10.0. The molecule has 2 aromatic heterocycles. The van der Waals surface area contributed by atoms with Crippen LogP contribution < -0.4 is 10.6 Å². The standard InChI is InChI=1S/C23H22F5N9/c1-3-30-17(32-13(2)23(26,27)28)18-35-19(37-20(36-18)34-15-4-6-22(24,25)11-15)33-14-5-9-31-16(10-14)21(12-29)7-8-21/h3,5,9-10,15H,2,4,6-8,11H2,1H3,(H2,31,33,34,35,36,37). The van der Waals surface area contributed by atoms with E-state index in [4.69, 9.17) is 0 Å². The molecule has 2 aromatic rings. The predicted octanol–water partition coefficient (Wildman–Crippen LogP) is 5.08. The number of aliphatic imine (C=N–C) groups is 2. The average molecular weight is 519 g/mol. The van der Waals surface area contributed by atoms with Gasteiger partial charge in [0, 0.05) is 37.0 Å². The second-order valence-corrected chi connectivity index (χ2v) is 8.76. The molecule has 0 amide bonds. The topological polar surface area (TPSA) is 124 Å². The van der Waals surface area contributed by atoms with Crippen LogP contribution in [0, 0.1) is 11.3 Å². The van der Waals surface area contributed by atoms with Gasteiger partial charge < -0.3 is 10.6 Å². The fourth-order valence-corrected chi connectivity index (χ4v) is 3.75. The molecule has 2 saturated carbocycles. The molecular formula is C23H22F5N9. The van der Waals surface area contributed by atoms with Gasteiger partial charge in [-0.25, -0.2) is 18.8 Å². The fourth-order valence-electron chi connectivity index (χ4n) is 3.75. The lowest BCUT2D eigenvalue weighted by molar-refractivity contribution is -0.0919. The van der Waals surface area contributed by atoms with Crippen molar-refractivity contribution in [2.45, 2.75) is 62.6 Å². The summed E-state index contributed by atoms with van der Waals surface area (Å²) in [5.41, 5.74) is -1.06. The van der Waals surface area contributed by atoms with Gasteiger partial charge in [-0.3, -0.25) is 4.98 Å². The maximum atomic E-state index is 13.7. The van der Waals surface area contributed by atoms with E-state index in [1.165, 1.54) is 19.3 Å². The number of alkyl halides is 5. The van der Waals surface area contributed by atoms with Crippen molar-refractivity contribution in [3.05, 3.63) is 42.1 Å². The molecule has 4 rings (SSSR count). The van der Waals surface area contributed by atoms with E-state index in [0.29, 0.717) is 24.2 Å². The highest BCUT2D eigenvalue weighted by Crippen LogP contribution is 2.47. The maximum absolute atomic E-state index is 13.7. The van der Waals surface area contributed by atoms with Crippen LogP contribution >= 0.6 is 0 Å². The zero-order valence-electron chi connectivity index (χ0n) is 19.6. The summed E-state index contributed by atoms with van der Waals surface area (Å²) in [4.78, 5) is 24.0. The number of allylic oxidation sites excluding steroid dienone is 1. The number of nitriles is 1. The van der Waals surface area contributed by atoms with E-state index in [-0.39, 0.29) is 30.6 Å². The number of hydrogen-bond donors (Lipinski definition) is 2. The summed E-state index contributed by atoms with van der Waals surface area (Å²) in [7, 11) is 0. The van der Waals surface area contributed by atoms with Gasteiger partial charge in [-0.1, -0.05) is 6.58 Å². The van der Waals surface area contributed by atoms with Gasteiger partial charge in [-0.05, 0) is 38.3 Å². The number of pyridine rings is 1. The first-order valence-electron chi connectivity index (χ1n) is 11.3. The number of rotatable bonds is 7. The fraction of sp³-hybridized carbons (Fsp3) is 0.435. The van der Waals surface area contributed by atoms with Crippen LogP contribution in [0.15, 0.2) is 40.6 Å². The third kappa shape index (κ3) is 6.22. The van der Waals surface area contributed by atoms with Gasteiger partial charge in [0.25, 0.3) is 0 Å². The first-order valence-corrected chi connectivity index (χ1v) is 11.3. The minimum atomic E-state index is -4.81. The monoisotopic (exact) mass is 519 g/mol. The van der Waals surface area contributed by atoms with E-state index in [2.05, 4.69) is 53.2 Å². The van der Waals surface area contributed by atoms with Crippen LogP contribution in [-0.2, 0) is 5.41 Å². The second kappa shape index (κ2) is 9.79. The molecule has 0 saturated heterocycles. The smallest absolute Gasteiger partial charge is 0.351 e. The van der Waals surface area contributed by atoms with Crippen LogP contribution in [0.1, 0.15) is 50.5 Å². The Morgan fingerprint density at radius 3 is 2.54 bits per heavy atom. The summed E-state index contributed by atoms with van der Waals surface area (Å²) >= 11 is 0. The summed E-state index contributed by atoms with van der Waals surface area (Å²) in [5, 5.41) is 15.2. The van der Waals surface area contributed by atoms with Crippen molar-refractivity contribution in [3.8, 4) is 6.07 Å². The summed E-state index contributed by atoms with van der Waals surface area (Å²) in [6, 6.07) is 4.83. The average Bonchev–Trinajstić information content (AvgIpc) is 3.56. The largest absolute Gasteiger partial charge is 0.432 e. The number of hydrogen-bond acceptors (Lipinski definition) is 8. The quantitative estimate of drug-likeness (QED) is 0.297. The molecule has 2 heterocycles. The summed E-state index contributed by atoms with van der Waals surface area (Å²) in [5.74, 6) is -3.92. The highest BCUT2D eigenvalue weighted by molar-refractivity contribution is 6.01. The normalized spacial score (nSPS) is 20.5. The zero-order chi connectivity index (χ0) is 26.8. The van der Waals surface area contributed by atoms with Crippen LogP contribution in [0.3, 0.4) is 0 Å². The molecular weight excluding hydrogens is 497 g/mol. The van der Waals surface area contributed by atoms with Gasteiger partial charge in [0.05, 0.1) is 17.2 Å². The van der Waals surface area contributed by atoms with Crippen molar-refractivity contribution < 1.29 is 22.0 Å². The van der Waals surface area contributed by atoms with Gasteiger partial charge in [-0.15, -0.1) is 0 Å². The van der Waals surface area contributed by atoms with E-state index in [1.807, 2.05) is 0 Å². The molecule has 0 radical (unpaired) electrons. The second-order valence-electron chi connectivity index (χ2n) is 8.76. The van der Waals surface area contributed by atoms with Crippen molar-refractivity contribution >= 4 is 29.6 Å². The number of amidine groups is 1. The van der Waals surface area contributed by atoms with Crippen molar-refractivity contribution in [2.75, 3.05) is 10.6 Å². The number of nitrogens with one attached hydrogen (secondary N) is 2. The molecule has 2 fully saturated rings. The van der Waals surface area contributed by atoms with Crippen molar-refractivity contribution in [1.29, 1.82) is 5.26 Å². The van der Waals surface area contributed by atoms with Gasteiger partial charge in [0.2, 0.25) is 23.6 Å². The minimum absolute atomic E-state index is 0.104. The van der Waals surface area contributed by atoms with Gasteiger partial charge in [0.1, 0.15) is 5.70 Å². The highest BCUT2D eigenvalue weighted by Gasteiger charge is 2.46. The summed E-state index contributed by atoms with van der Waals surface area (Å²) in [6.45, 7) is 4.39. The third-order valence-corrected chi connectivity index (χ3v) is 5.86. The Kier molecular flexibility index (Phi) is 6.90. The first kappa shape index (κ1) is 26.1. The van der Waals surface area contributed by atoms with Gasteiger partial charge in [0.15, 0.2) is 5.84 Å². The Balaban J connectivity index is 1.71. The Bertz CT molecular complexity index is 1290. The molecule has 0 spiro atoms. The maximum Gasteiger partial charge on any atom is 0.432 e. The van der Waals surface area contributed by atoms with Crippen LogP contribution in [0.4, 0.5) is 39.5 Å². The lowest BCUT2D eigenvalue weighted by Gasteiger charge is -2.15. The Morgan fingerprint density at radius 2 is 1.95 bits per heavy atom. The molecule has 2 N–H and O–H groups in total. The molecule has 9 nitrogen and oxygen atoms in total. The highest BCUT2D eigenvalue weighted by atomic mass is 19.4.